The van der Waals surface area contributed by atoms with E-state index in [0.29, 0.717) is 5.69 Å². The number of rotatable bonds is 3. The number of nitrogens with zero attached hydrogens (tertiary/aromatic N) is 3. The van der Waals surface area contributed by atoms with E-state index >= 15 is 0 Å². The van der Waals surface area contributed by atoms with Crippen molar-refractivity contribution in [2.75, 3.05) is 7.05 Å². The first-order valence-corrected chi connectivity index (χ1v) is 8.47. The average molecular weight is 329 g/mol. The molecule has 4 heteroatoms. The minimum Gasteiger partial charge on any atom is -0.335 e. The Bertz CT molecular complexity index is 964. The van der Waals surface area contributed by atoms with Gasteiger partial charge in [-0.25, -0.2) is 4.98 Å². The molecule has 1 aliphatic rings. The first kappa shape index (κ1) is 15.5. The maximum Gasteiger partial charge on any atom is 0.246 e. The Kier molecular flexibility index (Phi) is 4.02. The number of para-hydroxylation sites is 2. The Morgan fingerprint density at radius 3 is 2.76 bits per heavy atom. The molecule has 0 saturated heterocycles. The van der Waals surface area contributed by atoms with Crippen LogP contribution in [0.4, 0.5) is 0 Å². The lowest BCUT2D eigenvalue weighted by Crippen LogP contribution is -2.28. The van der Waals surface area contributed by atoms with Crippen molar-refractivity contribution in [2.24, 2.45) is 0 Å². The fourth-order valence-corrected chi connectivity index (χ4v) is 3.42. The second-order valence-electron chi connectivity index (χ2n) is 6.32. The molecule has 4 rings (SSSR count). The number of carbonyl (C=O) groups is 1. The topological polar surface area (TPSA) is 46.1 Å². The molecule has 25 heavy (non-hydrogen) atoms. The number of hydrogen-bond donors (Lipinski definition) is 0. The molecule has 1 atom stereocenters. The largest absolute Gasteiger partial charge is 0.335 e. The highest BCUT2D eigenvalue weighted by Crippen LogP contribution is 2.34. The summed E-state index contributed by atoms with van der Waals surface area (Å²) in [5, 5.41) is 0. The van der Waals surface area contributed by atoms with Crippen molar-refractivity contribution in [3.8, 4) is 0 Å². The van der Waals surface area contributed by atoms with Crippen LogP contribution >= 0.6 is 0 Å². The number of benzene rings is 2. The third kappa shape index (κ3) is 3.03. The van der Waals surface area contributed by atoms with Crippen LogP contribution in [0.15, 0.2) is 60.8 Å². The van der Waals surface area contributed by atoms with Gasteiger partial charge in [0.2, 0.25) is 5.91 Å². The second kappa shape index (κ2) is 6.48. The number of carbonyl (C=O) groups excluding carboxylic acids is 1. The maximum atomic E-state index is 12.6. The molecular formula is C21H19N3O. The highest BCUT2D eigenvalue weighted by atomic mass is 16.2. The first-order valence-electron chi connectivity index (χ1n) is 8.47. The van der Waals surface area contributed by atoms with Gasteiger partial charge in [0, 0.05) is 13.1 Å². The van der Waals surface area contributed by atoms with Crippen molar-refractivity contribution < 1.29 is 4.79 Å². The van der Waals surface area contributed by atoms with E-state index in [9.17, 15) is 4.79 Å². The number of hydrogen-bond acceptors (Lipinski definition) is 3. The van der Waals surface area contributed by atoms with Crippen molar-refractivity contribution in [2.45, 2.75) is 18.9 Å². The molecule has 0 bridgehead atoms. The van der Waals surface area contributed by atoms with Crippen LogP contribution in [0.2, 0.25) is 0 Å². The monoisotopic (exact) mass is 329 g/mol. The molecule has 1 heterocycles. The summed E-state index contributed by atoms with van der Waals surface area (Å²) in [6.07, 6.45) is 7.01. The highest BCUT2D eigenvalue weighted by molar-refractivity contribution is 5.92. The zero-order chi connectivity index (χ0) is 17.2. The van der Waals surface area contributed by atoms with E-state index < -0.39 is 0 Å². The zero-order valence-corrected chi connectivity index (χ0v) is 14.1. The summed E-state index contributed by atoms with van der Waals surface area (Å²) in [6, 6.07) is 16.2. The number of aryl methyl sites for hydroxylation is 1. The van der Waals surface area contributed by atoms with E-state index in [1.807, 2.05) is 42.3 Å². The van der Waals surface area contributed by atoms with Gasteiger partial charge in [-0.2, -0.15) is 0 Å². The Morgan fingerprint density at radius 2 is 1.88 bits per heavy atom. The van der Waals surface area contributed by atoms with Crippen LogP contribution in [0.5, 0.6) is 0 Å². The summed E-state index contributed by atoms with van der Waals surface area (Å²) in [4.78, 5) is 23.3. The molecule has 0 N–H and O–H groups in total. The van der Waals surface area contributed by atoms with Crippen molar-refractivity contribution in [1.29, 1.82) is 0 Å². The van der Waals surface area contributed by atoms with E-state index in [0.717, 1.165) is 23.9 Å². The third-order valence-corrected chi connectivity index (χ3v) is 4.78. The smallest absolute Gasteiger partial charge is 0.246 e. The van der Waals surface area contributed by atoms with Crippen molar-refractivity contribution in [1.82, 2.24) is 14.9 Å². The summed E-state index contributed by atoms with van der Waals surface area (Å²) in [5.74, 6) is -0.0170. The number of amides is 1. The SMILES string of the molecule is CN(C(=O)/C=C/c1cnc2ccccc2n1)C1CCc2ccccc21. The zero-order valence-electron chi connectivity index (χ0n) is 14.1. The summed E-state index contributed by atoms with van der Waals surface area (Å²) >= 11 is 0. The van der Waals surface area contributed by atoms with Crippen molar-refractivity contribution in [3.63, 3.8) is 0 Å². The second-order valence-corrected chi connectivity index (χ2v) is 6.32. The molecule has 0 spiro atoms. The van der Waals surface area contributed by atoms with Crippen molar-refractivity contribution in [3.05, 3.63) is 77.6 Å². The van der Waals surface area contributed by atoms with Crippen LogP contribution in [0.25, 0.3) is 17.1 Å². The minimum atomic E-state index is -0.0170. The minimum absolute atomic E-state index is 0.0170. The number of aromatic nitrogens is 2. The summed E-state index contributed by atoms with van der Waals surface area (Å²) < 4.78 is 0. The van der Waals surface area contributed by atoms with Crippen LogP contribution in [0.1, 0.15) is 29.3 Å². The Labute approximate surface area is 146 Å². The molecule has 124 valence electrons. The predicted molar refractivity (Wildman–Crippen MR) is 98.8 cm³/mol. The lowest BCUT2D eigenvalue weighted by atomic mass is 10.1. The molecule has 0 fully saturated rings. The van der Waals surface area contributed by atoms with E-state index in [4.69, 9.17) is 0 Å². The Balaban J connectivity index is 1.52. The molecule has 2 aromatic carbocycles. The molecule has 1 amide bonds. The van der Waals surface area contributed by atoms with Gasteiger partial charge in [-0.05, 0) is 42.2 Å². The first-order chi connectivity index (χ1) is 12.2. The molecule has 3 aromatic rings. The predicted octanol–water partition coefficient (Wildman–Crippen LogP) is 3.79. The summed E-state index contributed by atoms with van der Waals surface area (Å²) in [6.45, 7) is 0. The third-order valence-electron chi connectivity index (χ3n) is 4.78. The van der Waals surface area contributed by atoms with E-state index in [1.165, 1.54) is 11.1 Å². The van der Waals surface area contributed by atoms with Crippen LogP contribution in [-0.2, 0) is 11.2 Å². The van der Waals surface area contributed by atoms with E-state index in [2.05, 4.69) is 28.2 Å². The number of likely N-dealkylation sites (N-methyl/N-ethyl adjacent to an activating group) is 1. The van der Waals surface area contributed by atoms with Gasteiger partial charge >= 0.3 is 0 Å². The molecule has 1 aromatic heterocycles. The van der Waals surface area contributed by atoms with Gasteiger partial charge in [-0.3, -0.25) is 9.78 Å². The molecular weight excluding hydrogens is 310 g/mol. The average Bonchev–Trinajstić information content (AvgIpc) is 3.09. The van der Waals surface area contributed by atoms with Gasteiger partial charge in [-0.15, -0.1) is 0 Å². The van der Waals surface area contributed by atoms with Crippen molar-refractivity contribution >= 4 is 23.0 Å². The van der Waals surface area contributed by atoms with Crippen LogP contribution in [0, 0.1) is 0 Å². The van der Waals surface area contributed by atoms with Gasteiger partial charge in [0.05, 0.1) is 29.0 Å². The number of fused-ring (bicyclic) bond motifs is 2. The van der Waals surface area contributed by atoms with Gasteiger partial charge in [-0.1, -0.05) is 36.4 Å². The Hall–Kier alpha value is -3.01. The molecule has 0 radical (unpaired) electrons. The normalized spacial score (nSPS) is 16.3. The van der Waals surface area contributed by atoms with E-state index in [-0.39, 0.29) is 11.9 Å². The Morgan fingerprint density at radius 1 is 1.12 bits per heavy atom. The molecule has 1 unspecified atom stereocenters. The van der Waals surface area contributed by atoms with Gasteiger partial charge < -0.3 is 4.90 Å². The fraction of sp³-hybridized carbons (Fsp3) is 0.190. The molecule has 4 nitrogen and oxygen atoms in total. The van der Waals surface area contributed by atoms with Crippen LogP contribution < -0.4 is 0 Å². The van der Waals surface area contributed by atoms with Crippen LogP contribution in [-0.4, -0.2) is 27.8 Å². The molecule has 0 saturated carbocycles. The van der Waals surface area contributed by atoms with Crippen LogP contribution in [0.3, 0.4) is 0 Å². The van der Waals surface area contributed by atoms with E-state index in [1.54, 1.807) is 18.3 Å². The van der Waals surface area contributed by atoms with Gasteiger partial charge in [0.25, 0.3) is 0 Å². The lowest BCUT2D eigenvalue weighted by Gasteiger charge is -2.24. The fourth-order valence-electron chi connectivity index (χ4n) is 3.42. The quantitative estimate of drug-likeness (QED) is 0.687. The standard InChI is InChI=1S/C21H19N3O/c1-24(20-12-10-15-6-2-3-7-17(15)20)21(25)13-11-16-14-22-18-8-4-5-9-19(18)23-16/h2-9,11,13-14,20H,10,12H2,1H3/b13-11+. The summed E-state index contributed by atoms with van der Waals surface area (Å²) in [7, 11) is 1.87. The van der Waals surface area contributed by atoms with Gasteiger partial charge in [0.1, 0.15) is 0 Å². The summed E-state index contributed by atoms with van der Waals surface area (Å²) in [5.41, 5.74) is 4.97. The molecule has 1 aliphatic carbocycles. The highest BCUT2D eigenvalue weighted by Gasteiger charge is 2.27. The molecule has 0 aliphatic heterocycles. The van der Waals surface area contributed by atoms with Gasteiger partial charge in [0.15, 0.2) is 0 Å². The maximum absolute atomic E-state index is 12.6. The lowest BCUT2D eigenvalue weighted by molar-refractivity contribution is -0.126.